The second kappa shape index (κ2) is 6.37. The molecule has 0 bridgehead atoms. The summed E-state index contributed by atoms with van der Waals surface area (Å²) in [5.41, 5.74) is 6.12. The molecule has 3 rings (SSSR count). The first-order valence-electron chi connectivity index (χ1n) is 7.92. The highest BCUT2D eigenvalue weighted by Gasteiger charge is 2.43. The first kappa shape index (κ1) is 14.9. The average Bonchev–Trinajstić information content (AvgIpc) is 3.29. The fraction of sp³-hybridized carbons (Fsp3) is 0.667. The summed E-state index contributed by atoms with van der Waals surface area (Å²) >= 11 is 0. The number of nitrogen functional groups attached to an aromatic ring is 1. The first-order chi connectivity index (χ1) is 10.6. The average molecular weight is 305 g/mol. The van der Waals surface area contributed by atoms with Crippen LogP contribution in [0.25, 0.3) is 0 Å². The molecule has 1 saturated carbocycles. The van der Waals surface area contributed by atoms with Crippen LogP contribution in [-0.2, 0) is 0 Å². The zero-order valence-electron chi connectivity index (χ0n) is 12.6. The third-order valence-electron chi connectivity index (χ3n) is 4.86. The minimum Gasteiger partial charge on any atom is -0.465 e. The van der Waals surface area contributed by atoms with Gasteiger partial charge in [-0.25, -0.2) is 14.8 Å². The summed E-state index contributed by atoms with van der Waals surface area (Å²) in [5, 5.41) is 12.2. The third kappa shape index (κ3) is 3.58. The van der Waals surface area contributed by atoms with Crippen LogP contribution in [0.15, 0.2) is 12.4 Å². The summed E-state index contributed by atoms with van der Waals surface area (Å²) in [6.45, 7) is 2.26. The Morgan fingerprint density at radius 3 is 2.68 bits per heavy atom. The van der Waals surface area contributed by atoms with E-state index >= 15 is 0 Å². The molecular weight excluding hydrogens is 282 g/mol. The first-order valence-corrected chi connectivity index (χ1v) is 7.92. The predicted octanol–water partition coefficient (Wildman–Crippen LogP) is 1.89. The number of nitrogens with two attached hydrogens (primary N) is 1. The Hall–Kier alpha value is -2.05. The van der Waals surface area contributed by atoms with E-state index in [0.29, 0.717) is 30.6 Å². The molecule has 0 aromatic carbocycles. The SMILES string of the molecule is Nc1cnc(NCC[C@H]2C[C@@H]2C2CCN(C(=O)O)CC2)nc1. The Morgan fingerprint density at radius 1 is 1.36 bits per heavy atom. The van der Waals surface area contributed by atoms with Gasteiger partial charge in [-0.3, -0.25) is 0 Å². The van der Waals surface area contributed by atoms with E-state index in [9.17, 15) is 4.79 Å². The maximum absolute atomic E-state index is 10.9. The Balaban J connectivity index is 1.35. The Labute approximate surface area is 129 Å². The number of nitrogens with zero attached hydrogens (tertiary/aromatic N) is 3. The van der Waals surface area contributed by atoms with E-state index in [1.54, 1.807) is 12.4 Å². The molecular formula is C15H23N5O2. The molecule has 2 atom stereocenters. The van der Waals surface area contributed by atoms with Crippen molar-refractivity contribution in [2.75, 3.05) is 30.7 Å². The Bertz CT molecular complexity index is 513. The van der Waals surface area contributed by atoms with Crippen molar-refractivity contribution in [1.29, 1.82) is 0 Å². The van der Waals surface area contributed by atoms with E-state index in [2.05, 4.69) is 15.3 Å². The number of amides is 1. The second-order valence-corrected chi connectivity index (χ2v) is 6.32. The number of aromatic nitrogens is 2. The quantitative estimate of drug-likeness (QED) is 0.767. The highest BCUT2D eigenvalue weighted by molar-refractivity contribution is 5.64. The van der Waals surface area contributed by atoms with Gasteiger partial charge in [0, 0.05) is 19.6 Å². The van der Waals surface area contributed by atoms with Gasteiger partial charge in [-0.1, -0.05) is 0 Å². The number of rotatable bonds is 5. The predicted molar refractivity (Wildman–Crippen MR) is 83.5 cm³/mol. The topological polar surface area (TPSA) is 104 Å². The smallest absolute Gasteiger partial charge is 0.407 e. The summed E-state index contributed by atoms with van der Waals surface area (Å²) in [5.74, 6) is 2.88. The Morgan fingerprint density at radius 2 is 2.05 bits per heavy atom. The summed E-state index contributed by atoms with van der Waals surface area (Å²) in [4.78, 5) is 20.7. The fourth-order valence-corrected chi connectivity index (χ4v) is 3.50. The number of anilines is 2. The van der Waals surface area contributed by atoms with Crippen molar-refractivity contribution in [3.63, 3.8) is 0 Å². The molecule has 1 aliphatic carbocycles. The van der Waals surface area contributed by atoms with E-state index in [0.717, 1.165) is 37.6 Å². The molecule has 1 saturated heterocycles. The minimum atomic E-state index is -0.779. The molecule has 2 heterocycles. The van der Waals surface area contributed by atoms with Crippen molar-refractivity contribution in [3.8, 4) is 0 Å². The molecule has 1 aliphatic heterocycles. The molecule has 1 amide bonds. The highest BCUT2D eigenvalue weighted by Crippen LogP contribution is 2.49. The van der Waals surface area contributed by atoms with Gasteiger partial charge in [0.05, 0.1) is 18.1 Å². The standard InChI is InChI=1S/C15H23N5O2/c16-12-8-18-14(19-9-12)17-4-1-11-7-13(11)10-2-5-20(6-3-10)15(21)22/h8-11,13H,1-7,16H2,(H,21,22)(H,17,18,19)/t11-,13+/m0/s1. The molecule has 0 unspecified atom stereocenters. The van der Waals surface area contributed by atoms with Crippen molar-refractivity contribution in [2.45, 2.75) is 25.7 Å². The third-order valence-corrected chi connectivity index (χ3v) is 4.86. The maximum Gasteiger partial charge on any atom is 0.407 e. The number of piperidine rings is 1. The van der Waals surface area contributed by atoms with Gasteiger partial charge in [-0.05, 0) is 43.4 Å². The molecule has 7 heteroatoms. The molecule has 1 aromatic rings. The van der Waals surface area contributed by atoms with Crippen molar-refractivity contribution in [2.24, 2.45) is 17.8 Å². The lowest BCUT2D eigenvalue weighted by Gasteiger charge is -2.30. The summed E-state index contributed by atoms with van der Waals surface area (Å²) in [6, 6.07) is 0. The van der Waals surface area contributed by atoms with E-state index in [4.69, 9.17) is 10.8 Å². The van der Waals surface area contributed by atoms with Gasteiger partial charge in [-0.2, -0.15) is 0 Å². The van der Waals surface area contributed by atoms with E-state index in [1.807, 2.05) is 0 Å². The van der Waals surface area contributed by atoms with Crippen LogP contribution in [0.5, 0.6) is 0 Å². The van der Waals surface area contributed by atoms with Crippen LogP contribution in [0.1, 0.15) is 25.7 Å². The van der Waals surface area contributed by atoms with Crippen LogP contribution in [0.2, 0.25) is 0 Å². The van der Waals surface area contributed by atoms with Crippen LogP contribution in [0, 0.1) is 17.8 Å². The van der Waals surface area contributed by atoms with Crippen molar-refractivity contribution in [1.82, 2.24) is 14.9 Å². The number of likely N-dealkylation sites (tertiary alicyclic amines) is 1. The van der Waals surface area contributed by atoms with Gasteiger partial charge in [0.2, 0.25) is 5.95 Å². The molecule has 7 nitrogen and oxygen atoms in total. The van der Waals surface area contributed by atoms with Crippen molar-refractivity contribution < 1.29 is 9.90 Å². The molecule has 2 fully saturated rings. The van der Waals surface area contributed by atoms with Crippen LogP contribution < -0.4 is 11.1 Å². The van der Waals surface area contributed by atoms with Crippen LogP contribution in [-0.4, -0.2) is 45.7 Å². The van der Waals surface area contributed by atoms with Gasteiger partial charge < -0.3 is 21.1 Å². The lowest BCUT2D eigenvalue weighted by molar-refractivity contribution is 0.120. The summed E-state index contributed by atoms with van der Waals surface area (Å²) in [7, 11) is 0. The van der Waals surface area contributed by atoms with E-state index < -0.39 is 6.09 Å². The summed E-state index contributed by atoms with van der Waals surface area (Å²) < 4.78 is 0. The lowest BCUT2D eigenvalue weighted by Crippen LogP contribution is -2.38. The van der Waals surface area contributed by atoms with Crippen LogP contribution >= 0.6 is 0 Å². The largest absolute Gasteiger partial charge is 0.465 e. The molecule has 1 aromatic heterocycles. The van der Waals surface area contributed by atoms with Gasteiger partial charge in [0.15, 0.2) is 0 Å². The number of carbonyl (C=O) groups is 1. The van der Waals surface area contributed by atoms with Crippen LogP contribution in [0.3, 0.4) is 0 Å². The molecule has 0 spiro atoms. The van der Waals surface area contributed by atoms with E-state index in [-0.39, 0.29) is 0 Å². The number of carboxylic acid groups (broad SMARTS) is 1. The molecule has 120 valence electrons. The number of hydrogen-bond acceptors (Lipinski definition) is 5. The molecule has 0 radical (unpaired) electrons. The minimum absolute atomic E-state index is 0.570. The number of hydrogen-bond donors (Lipinski definition) is 3. The normalized spacial score (nSPS) is 25.0. The Kier molecular flexibility index (Phi) is 4.31. The molecule has 4 N–H and O–H groups in total. The maximum atomic E-state index is 10.9. The van der Waals surface area contributed by atoms with Gasteiger partial charge in [-0.15, -0.1) is 0 Å². The highest BCUT2D eigenvalue weighted by atomic mass is 16.4. The lowest BCUT2D eigenvalue weighted by atomic mass is 9.90. The zero-order valence-corrected chi connectivity index (χ0v) is 12.6. The van der Waals surface area contributed by atoms with Crippen molar-refractivity contribution >= 4 is 17.7 Å². The van der Waals surface area contributed by atoms with Crippen LogP contribution in [0.4, 0.5) is 16.4 Å². The fourth-order valence-electron chi connectivity index (χ4n) is 3.50. The zero-order chi connectivity index (χ0) is 15.5. The van der Waals surface area contributed by atoms with Crippen molar-refractivity contribution in [3.05, 3.63) is 12.4 Å². The van der Waals surface area contributed by atoms with E-state index in [1.165, 1.54) is 11.3 Å². The monoisotopic (exact) mass is 305 g/mol. The van der Waals surface area contributed by atoms with Gasteiger partial charge >= 0.3 is 6.09 Å². The molecule has 22 heavy (non-hydrogen) atoms. The second-order valence-electron chi connectivity index (χ2n) is 6.32. The molecule has 2 aliphatic rings. The summed E-state index contributed by atoms with van der Waals surface area (Å²) in [6.07, 6.45) is 6.86. The van der Waals surface area contributed by atoms with Gasteiger partial charge in [0.1, 0.15) is 0 Å². The van der Waals surface area contributed by atoms with Gasteiger partial charge in [0.25, 0.3) is 0 Å². The number of nitrogens with one attached hydrogen (secondary N) is 1.